The third kappa shape index (κ3) is 2.04. The van der Waals surface area contributed by atoms with Crippen LogP contribution in [0.3, 0.4) is 0 Å². The molecule has 108 valence electrons. The lowest BCUT2D eigenvalue weighted by Crippen LogP contribution is -2.01. The fraction of sp³-hybridized carbons (Fsp3) is 0.357. The molecule has 0 spiro atoms. The van der Waals surface area contributed by atoms with E-state index < -0.39 is 0 Å². The summed E-state index contributed by atoms with van der Waals surface area (Å²) in [6.07, 6.45) is 4.83. The van der Waals surface area contributed by atoms with Crippen LogP contribution in [0, 0.1) is 0 Å². The summed E-state index contributed by atoms with van der Waals surface area (Å²) >= 11 is 1.47. The summed E-state index contributed by atoms with van der Waals surface area (Å²) in [5.41, 5.74) is 6.85. The Bertz CT molecular complexity index is 803. The lowest BCUT2D eigenvalue weighted by Gasteiger charge is -2.03. The molecule has 1 saturated carbocycles. The minimum absolute atomic E-state index is 0.0782. The standard InChI is InChI=1S/C14H15N5OS/c15-10-6-5-9(7-11(10)20)13-18-19-12(8-3-1-2-4-8)16-17-14(19)21-13/h5-8,20H,1-4,15H2. The number of phenolic OH excluding ortho intramolecular Hbond substituents is 1. The van der Waals surface area contributed by atoms with E-state index >= 15 is 0 Å². The van der Waals surface area contributed by atoms with Crippen LogP contribution in [0.25, 0.3) is 15.5 Å². The minimum Gasteiger partial charge on any atom is -0.506 e. The van der Waals surface area contributed by atoms with Crippen LogP contribution in [0.15, 0.2) is 18.2 Å². The van der Waals surface area contributed by atoms with E-state index in [1.165, 1.54) is 24.2 Å². The Morgan fingerprint density at radius 1 is 1.24 bits per heavy atom. The number of phenols is 1. The van der Waals surface area contributed by atoms with E-state index in [2.05, 4.69) is 15.3 Å². The molecule has 1 aliphatic carbocycles. The number of nitrogens with two attached hydrogens (primary N) is 1. The second kappa shape index (κ2) is 4.70. The molecule has 0 bridgehead atoms. The number of aromatic nitrogens is 4. The molecule has 0 aliphatic heterocycles. The van der Waals surface area contributed by atoms with Gasteiger partial charge in [0.05, 0.1) is 5.69 Å². The van der Waals surface area contributed by atoms with E-state index in [9.17, 15) is 5.11 Å². The molecule has 0 saturated heterocycles. The summed E-state index contributed by atoms with van der Waals surface area (Å²) < 4.78 is 1.85. The Morgan fingerprint density at radius 2 is 2.05 bits per heavy atom. The van der Waals surface area contributed by atoms with Crippen molar-refractivity contribution >= 4 is 22.0 Å². The van der Waals surface area contributed by atoms with Gasteiger partial charge in [-0.15, -0.1) is 10.2 Å². The maximum atomic E-state index is 9.73. The van der Waals surface area contributed by atoms with Gasteiger partial charge in [-0.25, -0.2) is 0 Å². The number of benzene rings is 1. The van der Waals surface area contributed by atoms with Gasteiger partial charge in [0.15, 0.2) is 5.82 Å². The SMILES string of the molecule is Nc1ccc(-c2nn3c(C4CCCC4)nnc3s2)cc1O. The first kappa shape index (κ1) is 12.6. The maximum Gasteiger partial charge on any atom is 0.234 e. The molecule has 1 fully saturated rings. The van der Waals surface area contributed by atoms with Gasteiger partial charge in [0.1, 0.15) is 10.8 Å². The largest absolute Gasteiger partial charge is 0.506 e. The van der Waals surface area contributed by atoms with E-state index in [-0.39, 0.29) is 5.75 Å². The predicted molar refractivity (Wildman–Crippen MR) is 81.4 cm³/mol. The molecule has 0 amide bonds. The van der Waals surface area contributed by atoms with Crippen LogP contribution in [-0.2, 0) is 0 Å². The van der Waals surface area contributed by atoms with Crippen LogP contribution in [0.1, 0.15) is 37.4 Å². The third-order valence-corrected chi connectivity index (χ3v) is 4.96. The average Bonchev–Trinajstić information content (AvgIpc) is 3.16. The van der Waals surface area contributed by atoms with Crippen LogP contribution in [0.4, 0.5) is 5.69 Å². The van der Waals surface area contributed by atoms with Crippen molar-refractivity contribution in [2.45, 2.75) is 31.6 Å². The highest BCUT2D eigenvalue weighted by molar-refractivity contribution is 7.19. The number of nitrogen functional groups attached to an aromatic ring is 1. The van der Waals surface area contributed by atoms with Gasteiger partial charge in [-0.1, -0.05) is 24.2 Å². The summed E-state index contributed by atoms with van der Waals surface area (Å²) in [7, 11) is 0. The van der Waals surface area contributed by atoms with Crippen molar-refractivity contribution in [1.82, 2.24) is 19.8 Å². The van der Waals surface area contributed by atoms with Crippen molar-refractivity contribution in [3.8, 4) is 16.3 Å². The molecule has 3 N–H and O–H groups in total. The van der Waals surface area contributed by atoms with Gasteiger partial charge < -0.3 is 10.8 Å². The molecular formula is C14H15N5OS. The molecule has 3 aromatic rings. The number of hydrogen-bond acceptors (Lipinski definition) is 6. The lowest BCUT2D eigenvalue weighted by molar-refractivity contribution is 0.478. The summed E-state index contributed by atoms with van der Waals surface area (Å²) in [6, 6.07) is 5.18. The fourth-order valence-electron chi connectivity index (χ4n) is 2.86. The van der Waals surface area contributed by atoms with Crippen LogP contribution in [0.5, 0.6) is 5.75 Å². The summed E-state index contributed by atoms with van der Waals surface area (Å²) in [4.78, 5) is 0.795. The third-order valence-electron chi connectivity index (χ3n) is 4.01. The predicted octanol–water partition coefficient (Wildman–Crippen LogP) is 2.80. The molecule has 6 nitrogen and oxygen atoms in total. The Morgan fingerprint density at radius 3 is 2.81 bits per heavy atom. The molecule has 0 unspecified atom stereocenters. The summed E-state index contributed by atoms with van der Waals surface area (Å²) in [5.74, 6) is 1.51. The van der Waals surface area contributed by atoms with E-state index in [1.807, 2.05) is 10.6 Å². The Balaban J connectivity index is 1.78. The highest BCUT2D eigenvalue weighted by atomic mass is 32.1. The van der Waals surface area contributed by atoms with Gasteiger partial charge in [0.2, 0.25) is 4.96 Å². The van der Waals surface area contributed by atoms with E-state index in [4.69, 9.17) is 5.73 Å². The van der Waals surface area contributed by atoms with Crippen LogP contribution in [-0.4, -0.2) is 24.9 Å². The van der Waals surface area contributed by atoms with Gasteiger partial charge in [-0.3, -0.25) is 0 Å². The van der Waals surface area contributed by atoms with Crippen molar-refractivity contribution in [3.63, 3.8) is 0 Å². The van der Waals surface area contributed by atoms with Crippen molar-refractivity contribution in [1.29, 1.82) is 0 Å². The number of rotatable bonds is 2. The summed E-state index contributed by atoms with van der Waals surface area (Å²) in [6.45, 7) is 0. The van der Waals surface area contributed by atoms with Gasteiger partial charge in [-0.2, -0.15) is 9.61 Å². The molecule has 0 radical (unpaired) electrons. The lowest BCUT2D eigenvalue weighted by atomic mass is 10.1. The van der Waals surface area contributed by atoms with Crippen molar-refractivity contribution < 1.29 is 5.11 Å². The summed E-state index contributed by atoms with van der Waals surface area (Å²) in [5, 5.41) is 23.7. The second-order valence-electron chi connectivity index (χ2n) is 5.41. The fourth-order valence-corrected chi connectivity index (χ4v) is 3.71. The smallest absolute Gasteiger partial charge is 0.234 e. The molecule has 7 heteroatoms. The number of hydrogen-bond donors (Lipinski definition) is 2. The maximum absolute atomic E-state index is 9.73. The monoisotopic (exact) mass is 301 g/mol. The van der Waals surface area contributed by atoms with E-state index in [1.54, 1.807) is 12.1 Å². The number of nitrogens with zero attached hydrogens (tertiary/aromatic N) is 4. The van der Waals surface area contributed by atoms with Gasteiger partial charge in [0, 0.05) is 11.5 Å². The topological polar surface area (TPSA) is 89.3 Å². The van der Waals surface area contributed by atoms with Crippen molar-refractivity contribution in [3.05, 3.63) is 24.0 Å². The van der Waals surface area contributed by atoms with Gasteiger partial charge in [0.25, 0.3) is 0 Å². The first-order valence-corrected chi connectivity index (χ1v) is 7.85. The highest BCUT2D eigenvalue weighted by Crippen LogP contribution is 2.35. The molecular weight excluding hydrogens is 286 g/mol. The van der Waals surface area contributed by atoms with Crippen molar-refractivity contribution in [2.75, 3.05) is 5.73 Å². The highest BCUT2D eigenvalue weighted by Gasteiger charge is 2.24. The molecule has 0 atom stereocenters. The zero-order valence-corrected chi connectivity index (χ0v) is 12.2. The molecule has 2 aromatic heterocycles. The van der Waals surface area contributed by atoms with Gasteiger partial charge >= 0.3 is 0 Å². The Kier molecular flexibility index (Phi) is 2.81. The van der Waals surface area contributed by atoms with E-state index in [0.717, 1.165) is 34.2 Å². The van der Waals surface area contributed by atoms with Crippen LogP contribution < -0.4 is 5.73 Å². The Labute approximate surface area is 125 Å². The van der Waals surface area contributed by atoms with Crippen LogP contribution in [0.2, 0.25) is 0 Å². The second-order valence-corrected chi connectivity index (χ2v) is 6.37. The number of fused-ring (bicyclic) bond motifs is 1. The Hall–Kier alpha value is -2.15. The normalized spacial score (nSPS) is 16.0. The number of aromatic hydroxyl groups is 1. The number of anilines is 1. The average molecular weight is 301 g/mol. The van der Waals surface area contributed by atoms with Crippen LogP contribution >= 0.6 is 11.3 Å². The minimum atomic E-state index is 0.0782. The molecule has 4 rings (SSSR count). The molecule has 21 heavy (non-hydrogen) atoms. The first-order chi connectivity index (χ1) is 10.2. The zero-order chi connectivity index (χ0) is 14.4. The quantitative estimate of drug-likeness (QED) is 0.561. The molecule has 1 aromatic carbocycles. The van der Waals surface area contributed by atoms with E-state index in [0.29, 0.717) is 11.6 Å². The molecule has 1 aliphatic rings. The van der Waals surface area contributed by atoms with Gasteiger partial charge in [-0.05, 0) is 31.0 Å². The van der Waals surface area contributed by atoms with Crippen molar-refractivity contribution in [2.24, 2.45) is 0 Å². The molecule has 2 heterocycles. The zero-order valence-electron chi connectivity index (χ0n) is 11.4. The first-order valence-electron chi connectivity index (χ1n) is 7.03.